The van der Waals surface area contributed by atoms with Crippen molar-refractivity contribution in [3.05, 3.63) is 0 Å². The number of carbonyl (C=O) groups is 1. The normalized spacial score (nSPS) is 16.5. The van der Waals surface area contributed by atoms with Crippen LogP contribution in [0, 0.1) is 0 Å². The molecule has 96 valence electrons. The highest BCUT2D eigenvalue weighted by molar-refractivity contribution is 5.60. The van der Waals surface area contributed by atoms with Crippen molar-refractivity contribution in [2.45, 2.75) is 25.1 Å². The molecular weight excluding hydrogens is 260 g/mol. The van der Waals surface area contributed by atoms with Crippen LogP contribution in [0.4, 0.5) is 39.9 Å². The van der Waals surface area contributed by atoms with Crippen molar-refractivity contribution in [1.29, 1.82) is 0 Å². The first-order valence-electron chi connectivity index (χ1n) is 3.23. The Morgan fingerprint density at radius 1 is 0.812 bits per heavy atom. The Balaban J connectivity index is 4.21. The predicted molar refractivity (Wildman–Crippen MR) is 29.5 cm³/mol. The number of ether oxygens (including phenoxy) is 2. The van der Waals surface area contributed by atoms with Crippen LogP contribution in [0.1, 0.15) is 0 Å². The van der Waals surface area contributed by atoms with Crippen molar-refractivity contribution in [2.24, 2.45) is 0 Å². The Labute approximate surface area is 81.9 Å². The van der Waals surface area contributed by atoms with Gasteiger partial charge in [-0.3, -0.25) is 0 Å². The summed E-state index contributed by atoms with van der Waals surface area (Å²) in [7, 11) is 0. The predicted octanol–water partition coefficient (Wildman–Crippen LogP) is 2.86. The van der Waals surface area contributed by atoms with Crippen molar-refractivity contribution in [2.75, 3.05) is 0 Å². The van der Waals surface area contributed by atoms with Crippen LogP contribution in [0.3, 0.4) is 0 Å². The zero-order chi connectivity index (χ0) is 13.1. The minimum absolute atomic E-state index is 2.69. The van der Waals surface area contributed by atoms with E-state index in [0.717, 1.165) is 0 Å². The molecule has 16 heavy (non-hydrogen) atoms. The molecule has 0 aliphatic heterocycles. The molecule has 0 aromatic rings. The Kier molecular flexibility index (Phi) is 4.32. The van der Waals surface area contributed by atoms with Gasteiger partial charge in [-0.1, -0.05) is 0 Å². The number of hydrogen-bond acceptors (Lipinski definition) is 3. The molecule has 0 heterocycles. The Bertz CT molecular complexity index is 221. The summed E-state index contributed by atoms with van der Waals surface area (Å²) in [5.74, 6) is 0. The molecular formula is C5H2F8O3. The third-order valence-electron chi connectivity index (χ3n) is 0.914. The first-order valence-corrected chi connectivity index (χ1v) is 3.23. The summed E-state index contributed by atoms with van der Waals surface area (Å²) in [6.45, 7) is 0. The second-order valence-corrected chi connectivity index (χ2v) is 2.20. The molecule has 2 unspecified atom stereocenters. The van der Waals surface area contributed by atoms with Crippen LogP contribution in [0.5, 0.6) is 0 Å². The molecule has 0 saturated heterocycles. The molecule has 0 aromatic heterocycles. The molecule has 0 N–H and O–H groups in total. The van der Waals surface area contributed by atoms with Crippen LogP contribution in [-0.4, -0.2) is 31.2 Å². The van der Waals surface area contributed by atoms with E-state index < -0.39 is 31.2 Å². The molecule has 0 amide bonds. The van der Waals surface area contributed by atoms with E-state index in [-0.39, 0.29) is 0 Å². The Hall–Kier alpha value is -1.29. The fourth-order valence-electron chi connectivity index (χ4n) is 0.330. The van der Waals surface area contributed by atoms with Gasteiger partial charge in [0.05, 0.1) is 0 Å². The summed E-state index contributed by atoms with van der Waals surface area (Å²) < 4.78 is 97.2. The van der Waals surface area contributed by atoms with Crippen molar-refractivity contribution < 1.29 is 49.4 Å². The van der Waals surface area contributed by atoms with Gasteiger partial charge < -0.3 is 9.47 Å². The van der Waals surface area contributed by atoms with Gasteiger partial charge in [-0.25, -0.2) is 4.79 Å². The number of rotatable bonds is 2. The maximum atomic E-state index is 11.9. The van der Waals surface area contributed by atoms with Gasteiger partial charge in [-0.05, 0) is 0 Å². The van der Waals surface area contributed by atoms with Crippen molar-refractivity contribution in [1.82, 2.24) is 0 Å². The average Bonchev–Trinajstić information content (AvgIpc) is 1.99. The highest BCUT2D eigenvalue weighted by atomic mass is 19.4. The third kappa shape index (κ3) is 4.98. The lowest BCUT2D eigenvalue weighted by Gasteiger charge is -2.15. The number of hydrogen-bond donors (Lipinski definition) is 0. The summed E-state index contributed by atoms with van der Waals surface area (Å²) in [6.07, 6.45) is -22.4. The van der Waals surface area contributed by atoms with E-state index in [1.54, 1.807) is 0 Å². The number of alkyl halides is 8. The van der Waals surface area contributed by atoms with Crippen molar-refractivity contribution >= 4 is 6.16 Å². The highest BCUT2D eigenvalue weighted by Crippen LogP contribution is 2.26. The quantitative estimate of drug-likeness (QED) is 0.567. The van der Waals surface area contributed by atoms with Crippen LogP contribution in [0.25, 0.3) is 0 Å². The summed E-state index contributed by atoms with van der Waals surface area (Å²) in [6, 6.07) is 0. The molecule has 0 aliphatic rings. The van der Waals surface area contributed by atoms with E-state index in [0.29, 0.717) is 0 Å². The molecule has 0 rings (SSSR count). The Morgan fingerprint density at radius 3 is 1.25 bits per heavy atom. The second-order valence-electron chi connectivity index (χ2n) is 2.20. The fraction of sp³-hybridized carbons (Fsp3) is 0.800. The van der Waals surface area contributed by atoms with E-state index in [2.05, 4.69) is 9.47 Å². The van der Waals surface area contributed by atoms with E-state index in [9.17, 15) is 39.9 Å². The smallest absolute Gasteiger partial charge is 0.389 e. The number of halogens is 8. The zero-order valence-corrected chi connectivity index (χ0v) is 6.90. The minimum atomic E-state index is -5.64. The number of carbonyl (C=O) groups excluding carboxylic acids is 1. The second kappa shape index (κ2) is 4.70. The highest BCUT2D eigenvalue weighted by Gasteiger charge is 2.47. The third-order valence-corrected chi connectivity index (χ3v) is 0.914. The maximum Gasteiger partial charge on any atom is 0.514 e. The van der Waals surface area contributed by atoms with E-state index >= 15 is 0 Å². The van der Waals surface area contributed by atoms with Crippen LogP contribution < -0.4 is 0 Å². The lowest BCUT2D eigenvalue weighted by Crippen LogP contribution is -2.34. The van der Waals surface area contributed by atoms with Gasteiger partial charge >= 0.3 is 31.2 Å². The summed E-state index contributed by atoms with van der Waals surface area (Å²) in [4.78, 5) is 10.0. The van der Waals surface area contributed by atoms with Crippen molar-refractivity contribution in [3.8, 4) is 0 Å². The molecule has 0 spiro atoms. The zero-order valence-electron chi connectivity index (χ0n) is 6.90. The van der Waals surface area contributed by atoms with Gasteiger partial charge in [0, 0.05) is 0 Å². The summed E-state index contributed by atoms with van der Waals surface area (Å²) in [5, 5.41) is 0. The van der Waals surface area contributed by atoms with E-state index in [1.807, 2.05) is 0 Å². The van der Waals surface area contributed by atoms with Crippen LogP contribution in [0.15, 0.2) is 0 Å². The summed E-state index contributed by atoms with van der Waals surface area (Å²) >= 11 is 0. The van der Waals surface area contributed by atoms with Gasteiger partial charge in [0.15, 0.2) is 0 Å². The maximum absolute atomic E-state index is 11.9. The van der Waals surface area contributed by atoms with Crippen molar-refractivity contribution in [3.63, 3.8) is 0 Å². The molecule has 0 aromatic carbocycles. The molecule has 11 heteroatoms. The molecule has 0 fully saturated rings. The van der Waals surface area contributed by atoms with Crippen LogP contribution in [-0.2, 0) is 9.47 Å². The molecule has 0 bridgehead atoms. The standard InChI is InChI=1S/C5H2F8O3/c6-1(4(8,9)10)15-3(14)16-2(7)5(11,12)13/h1-2H. The SMILES string of the molecule is O=C(OC(F)C(F)(F)F)OC(F)C(F)(F)F. The largest absolute Gasteiger partial charge is 0.514 e. The van der Waals surface area contributed by atoms with Crippen LogP contribution >= 0.6 is 0 Å². The average molecular weight is 262 g/mol. The van der Waals surface area contributed by atoms with E-state index in [4.69, 9.17) is 0 Å². The molecule has 0 radical (unpaired) electrons. The minimum Gasteiger partial charge on any atom is -0.389 e. The monoisotopic (exact) mass is 262 g/mol. The first-order chi connectivity index (χ1) is 6.94. The van der Waals surface area contributed by atoms with Gasteiger partial charge in [0.25, 0.3) is 0 Å². The first kappa shape index (κ1) is 14.7. The van der Waals surface area contributed by atoms with Gasteiger partial charge in [0.2, 0.25) is 0 Å². The van der Waals surface area contributed by atoms with Gasteiger partial charge in [-0.15, -0.1) is 0 Å². The fourth-order valence-corrected chi connectivity index (χ4v) is 0.330. The lowest BCUT2D eigenvalue weighted by molar-refractivity contribution is -0.274. The Morgan fingerprint density at radius 2 is 1.06 bits per heavy atom. The molecule has 0 saturated carbocycles. The lowest BCUT2D eigenvalue weighted by atomic mass is 10.6. The van der Waals surface area contributed by atoms with Gasteiger partial charge in [0.1, 0.15) is 0 Å². The van der Waals surface area contributed by atoms with Gasteiger partial charge in [-0.2, -0.15) is 35.1 Å². The topological polar surface area (TPSA) is 35.5 Å². The molecule has 2 atom stereocenters. The van der Waals surface area contributed by atoms with E-state index in [1.165, 1.54) is 0 Å². The van der Waals surface area contributed by atoms with Crippen LogP contribution in [0.2, 0.25) is 0 Å². The summed E-state index contributed by atoms with van der Waals surface area (Å²) in [5.41, 5.74) is 0. The molecule has 3 nitrogen and oxygen atoms in total. The molecule has 0 aliphatic carbocycles.